The number of imide groups is 2. The Balaban J connectivity index is 1.32. The number of hydrogen-bond donors (Lipinski definition) is 3. The monoisotopic (exact) mass is 418 g/mol. The Morgan fingerprint density at radius 3 is 2.65 bits per heavy atom. The maximum absolute atomic E-state index is 12.9. The smallest absolute Gasteiger partial charge is 0.262 e. The van der Waals surface area contributed by atoms with Gasteiger partial charge in [0.15, 0.2) is 0 Å². The van der Waals surface area contributed by atoms with Crippen molar-refractivity contribution in [3.05, 3.63) is 58.7 Å². The van der Waals surface area contributed by atoms with Crippen molar-refractivity contribution in [1.29, 1.82) is 0 Å². The van der Waals surface area contributed by atoms with Crippen LogP contribution in [0.5, 0.6) is 0 Å². The number of benzene rings is 2. The second-order valence-corrected chi connectivity index (χ2v) is 8.08. The molecule has 3 N–H and O–H groups in total. The van der Waals surface area contributed by atoms with Crippen molar-refractivity contribution >= 4 is 35.0 Å². The molecular formula is C23H22N4O4. The van der Waals surface area contributed by atoms with Crippen LogP contribution in [-0.2, 0) is 22.6 Å². The van der Waals surface area contributed by atoms with Gasteiger partial charge in [-0.15, -0.1) is 0 Å². The lowest BCUT2D eigenvalue weighted by atomic mass is 10.0. The largest absolute Gasteiger partial charge is 0.385 e. The average Bonchev–Trinajstić information content (AvgIpc) is 3.02. The Hall–Kier alpha value is -3.68. The quantitative estimate of drug-likeness (QED) is 0.656. The Morgan fingerprint density at radius 1 is 0.968 bits per heavy atom. The van der Waals surface area contributed by atoms with Gasteiger partial charge in [-0.3, -0.25) is 29.4 Å². The molecule has 158 valence electrons. The van der Waals surface area contributed by atoms with Crippen molar-refractivity contribution in [2.24, 2.45) is 0 Å². The molecule has 0 aromatic heterocycles. The van der Waals surface area contributed by atoms with E-state index in [4.69, 9.17) is 0 Å². The molecule has 0 saturated carbocycles. The Kier molecular flexibility index (Phi) is 4.69. The number of nitrogens with one attached hydrogen (secondary N) is 3. The summed E-state index contributed by atoms with van der Waals surface area (Å²) < 4.78 is 0. The molecule has 1 saturated heterocycles. The van der Waals surface area contributed by atoms with Gasteiger partial charge in [0.2, 0.25) is 11.8 Å². The van der Waals surface area contributed by atoms with Crippen molar-refractivity contribution < 1.29 is 19.2 Å². The predicted molar refractivity (Wildman–Crippen MR) is 114 cm³/mol. The number of fused-ring (bicyclic) bond motifs is 2. The number of nitrogens with zero attached hydrogens (tertiary/aromatic N) is 1. The SMILES string of the molecule is O=C1CCC(N2C(=O)c3ccc(CNc4ccc5c(c4)CCCN5)cc3C2=O)C(=O)N1. The highest BCUT2D eigenvalue weighted by atomic mass is 16.2. The first-order valence-corrected chi connectivity index (χ1v) is 10.5. The summed E-state index contributed by atoms with van der Waals surface area (Å²) in [6.45, 7) is 1.50. The number of anilines is 2. The average molecular weight is 418 g/mol. The molecule has 3 aliphatic heterocycles. The fourth-order valence-corrected chi connectivity index (χ4v) is 4.42. The molecule has 3 heterocycles. The first-order chi connectivity index (χ1) is 15.0. The zero-order chi connectivity index (χ0) is 21.5. The lowest BCUT2D eigenvalue weighted by Gasteiger charge is -2.27. The van der Waals surface area contributed by atoms with E-state index in [1.807, 2.05) is 12.1 Å². The fourth-order valence-electron chi connectivity index (χ4n) is 4.42. The van der Waals surface area contributed by atoms with Gasteiger partial charge in [-0.2, -0.15) is 0 Å². The highest BCUT2D eigenvalue weighted by Gasteiger charge is 2.44. The molecule has 3 aliphatic rings. The topological polar surface area (TPSA) is 108 Å². The summed E-state index contributed by atoms with van der Waals surface area (Å²) in [6.07, 6.45) is 2.41. The van der Waals surface area contributed by atoms with E-state index in [9.17, 15) is 19.2 Å². The second-order valence-electron chi connectivity index (χ2n) is 8.08. The summed E-state index contributed by atoms with van der Waals surface area (Å²) in [6, 6.07) is 10.4. The van der Waals surface area contributed by atoms with Gasteiger partial charge in [-0.1, -0.05) is 6.07 Å². The van der Waals surface area contributed by atoms with E-state index in [-0.39, 0.29) is 18.7 Å². The molecule has 1 atom stereocenters. The number of amides is 4. The van der Waals surface area contributed by atoms with Crippen molar-refractivity contribution in [2.45, 2.75) is 38.3 Å². The minimum absolute atomic E-state index is 0.106. The minimum Gasteiger partial charge on any atom is -0.385 e. The molecule has 0 aliphatic carbocycles. The van der Waals surface area contributed by atoms with Crippen molar-refractivity contribution in [3.8, 4) is 0 Å². The first-order valence-electron chi connectivity index (χ1n) is 10.5. The highest BCUT2D eigenvalue weighted by Crippen LogP contribution is 2.29. The summed E-state index contributed by atoms with van der Waals surface area (Å²) >= 11 is 0. The molecule has 5 rings (SSSR count). The van der Waals surface area contributed by atoms with E-state index < -0.39 is 23.8 Å². The van der Waals surface area contributed by atoms with Crippen molar-refractivity contribution in [1.82, 2.24) is 10.2 Å². The maximum Gasteiger partial charge on any atom is 0.262 e. The lowest BCUT2D eigenvalue weighted by molar-refractivity contribution is -0.136. The van der Waals surface area contributed by atoms with Gasteiger partial charge in [0.05, 0.1) is 11.1 Å². The highest BCUT2D eigenvalue weighted by molar-refractivity contribution is 6.23. The third-order valence-electron chi connectivity index (χ3n) is 6.04. The Morgan fingerprint density at radius 2 is 1.81 bits per heavy atom. The molecular weight excluding hydrogens is 396 g/mol. The predicted octanol–water partition coefficient (Wildman–Crippen LogP) is 2.06. The van der Waals surface area contributed by atoms with Gasteiger partial charge in [0, 0.05) is 30.9 Å². The number of piperidine rings is 1. The Labute approximate surface area is 179 Å². The third kappa shape index (κ3) is 3.43. The van der Waals surface area contributed by atoms with E-state index in [1.165, 1.54) is 11.3 Å². The van der Waals surface area contributed by atoms with Gasteiger partial charge >= 0.3 is 0 Å². The molecule has 0 spiro atoms. The van der Waals surface area contributed by atoms with Crippen LogP contribution in [-0.4, -0.2) is 41.1 Å². The number of carbonyl (C=O) groups excluding carboxylic acids is 4. The summed E-state index contributed by atoms with van der Waals surface area (Å²) in [5.74, 6) is -1.97. The molecule has 8 heteroatoms. The van der Waals surface area contributed by atoms with Crippen molar-refractivity contribution in [3.63, 3.8) is 0 Å². The van der Waals surface area contributed by atoms with E-state index >= 15 is 0 Å². The first kappa shape index (κ1) is 19.3. The van der Waals surface area contributed by atoms with Gasteiger partial charge < -0.3 is 10.6 Å². The van der Waals surface area contributed by atoms with Crippen LogP contribution in [0.1, 0.15) is 51.1 Å². The van der Waals surface area contributed by atoms with E-state index in [2.05, 4.69) is 28.1 Å². The van der Waals surface area contributed by atoms with E-state index in [0.29, 0.717) is 17.7 Å². The van der Waals surface area contributed by atoms with E-state index in [0.717, 1.165) is 35.5 Å². The molecule has 4 amide bonds. The summed E-state index contributed by atoms with van der Waals surface area (Å²) in [5.41, 5.74) is 4.90. The molecule has 2 aromatic carbocycles. The standard InChI is InChI=1S/C23H22N4O4/c28-20-8-7-19(21(29)26-20)27-22(30)16-5-3-13(10-17(16)23(27)31)12-25-15-4-6-18-14(11-15)2-1-9-24-18/h3-6,10-11,19,24-25H,1-2,7-9,12H2,(H,26,28,29). The van der Waals surface area contributed by atoms with Gasteiger partial charge in [0.25, 0.3) is 11.8 Å². The van der Waals surface area contributed by atoms with Gasteiger partial charge in [0.1, 0.15) is 6.04 Å². The number of carbonyl (C=O) groups is 4. The van der Waals surface area contributed by atoms with Crippen LogP contribution in [0.25, 0.3) is 0 Å². The van der Waals surface area contributed by atoms with E-state index in [1.54, 1.807) is 12.1 Å². The zero-order valence-electron chi connectivity index (χ0n) is 16.9. The van der Waals surface area contributed by atoms with Gasteiger partial charge in [-0.25, -0.2) is 0 Å². The molecule has 1 fully saturated rings. The van der Waals surface area contributed by atoms with Crippen LogP contribution >= 0.6 is 0 Å². The summed E-state index contributed by atoms with van der Waals surface area (Å²) in [5, 5.41) is 8.97. The zero-order valence-corrected chi connectivity index (χ0v) is 16.9. The second kappa shape index (κ2) is 7.54. The lowest BCUT2D eigenvalue weighted by Crippen LogP contribution is -2.54. The molecule has 1 unspecified atom stereocenters. The molecule has 2 aromatic rings. The molecule has 0 bridgehead atoms. The third-order valence-corrected chi connectivity index (χ3v) is 6.04. The van der Waals surface area contributed by atoms with Crippen LogP contribution in [0.2, 0.25) is 0 Å². The van der Waals surface area contributed by atoms with Crippen LogP contribution in [0, 0.1) is 0 Å². The van der Waals surface area contributed by atoms with Crippen molar-refractivity contribution in [2.75, 3.05) is 17.2 Å². The maximum atomic E-state index is 12.9. The van der Waals surface area contributed by atoms with Crippen LogP contribution in [0.15, 0.2) is 36.4 Å². The molecule has 31 heavy (non-hydrogen) atoms. The van der Waals surface area contributed by atoms with Gasteiger partial charge in [-0.05, 0) is 60.7 Å². The van der Waals surface area contributed by atoms with Crippen LogP contribution in [0.4, 0.5) is 11.4 Å². The fraction of sp³-hybridized carbons (Fsp3) is 0.304. The summed E-state index contributed by atoms with van der Waals surface area (Å²) in [7, 11) is 0. The number of hydrogen-bond acceptors (Lipinski definition) is 6. The summed E-state index contributed by atoms with van der Waals surface area (Å²) in [4.78, 5) is 50.3. The Bertz CT molecular complexity index is 1130. The molecule has 0 radical (unpaired) electrons. The number of aryl methyl sites for hydroxylation is 1. The van der Waals surface area contributed by atoms with Crippen LogP contribution < -0.4 is 16.0 Å². The molecule has 8 nitrogen and oxygen atoms in total. The normalized spacial score (nSPS) is 20.1. The number of rotatable bonds is 4. The van der Waals surface area contributed by atoms with Crippen LogP contribution in [0.3, 0.4) is 0 Å². The minimum atomic E-state index is -0.948.